The van der Waals surface area contributed by atoms with Crippen LogP contribution >= 0.6 is 0 Å². The molecule has 0 saturated heterocycles. The fourth-order valence-electron chi connectivity index (χ4n) is 1.38. The summed E-state index contributed by atoms with van der Waals surface area (Å²) in [5.74, 6) is 0. The summed E-state index contributed by atoms with van der Waals surface area (Å²) in [4.78, 5) is 0. The fraction of sp³-hybridized carbons (Fsp3) is 0.727. The predicted octanol–water partition coefficient (Wildman–Crippen LogP) is 0.862. The molecule has 1 atom stereocenters. The van der Waals surface area contributed by atoms with Crippen molar-refractivity contribution in [1.82, 2.24) is 9.78 Å². The molecule has 0 amide bonds. The number of hydrogen-bond donors (Lipinski definition) is 1. The third-order valence-corrected chi connectivity index (χ3v) is 2.16. The summed E-state index contributed by atoms with van der Waals surface area (Å²) in [5.41, 5.74) is 6.66. The molecule has 0 spiro atoms. The minimum absolute atomic E-state index is 0.0931. The number of rotatable bonds is 7. The molecular formula is C11H21N3O2. The first-order valence-corrected chi connectivity index (χ1v) is 5.55. The number of nitrogens with zero attached hydrogens (tertiary/aromatic N) is 2. The Bertz CT molecular complexity index is 299. The topological polar surface area (TPSA) is 62.3 Å². The molecule has 0 aliphatic carbocycles. The van der Waals surface area contributed by atoms with Gasteiger partial charge in [-0.05, 0) is 13.8 Å². The molecule has 2 N–H and O–H groups in total. The van der Waals surface area contributed by atoms with Crippen molar-refractivity contribution < 1.29 is 9.47 Å². The molecule has 1 rings (SSSR count). The van der Waals surface area contributed by atoms with E-state index in [1.165, 1.54) is 0 Å². The van der Waals surface area contributed by atoms with E-state index in [2.05, 4.69) is 5.10 Å². The Labute approximate surface area is 96.5 Å². The van der Waals surface area contributed by atoms with Gasteiger partial charge >= 0.3 is 0 Å². The van der Waals surface area contributed by atoms with Crippen molar-refractivity contribution in [3.05, 3.63) is 18.0 Å². The SMILES string of the molecule is CC(C)OCCOC(CN)c1cnn(C)c1. The van der Waals surface area contributed by atoms with Gasteiger partial charge in [0.1, 0.15) is 0 Å². The Morgan fingerprint density at radius 1 is 1.38 bits per heavy atom. The van der Waals surface area contributed by atoms with Crippen LogP contribution in [-0.2, 0) is 16.5 Å². The molecule has 0 radical (unpaired) electrons. The van der Waals surface area contributed by atoms with Crippen molar-refractivity contribution in [2.24, 2.45) is 12.8 Å². The van der Waals surface area contributed by atoms with Gasteiger partial charge in [0.2, 0.25) is 0 Å². The van der Waals surface area contributed by atoms with Gasteiger partial charge in [-0.15, -0.1) is 0 Å². The van der Waals surface area contributed by atoms with Gasteiger partial charge in [0, 0.05) is 25.4 Å². The molecule has 5 nitrogen and oxygen atoms in total. The highest BCUT2D eigenvalue weighted by Gasteiger charge is 2.11. The molecule has 1 heterocycles. The van der Waals surface area contributed by atoms with Crippen LogP contribution in [0, 0.1) is 0 Å². The lowest BCUT2D eigenvalue weighted by Crippen LogP contribution is -2.18. The first kappa shape index (κ1) is 13.2. The highest BCUT2D eigenvalue weighted by molar-refractivity contribution is 5.08. The van der Waals surface area contributed by atoms with Gasteiger partial charge in [-0.3, -0.25) is 4.68 Å². The average Bonchev–Trinajstić information content (AvgIpc) is 2.64. The Morgan fingerprint density at radius 2 is 2.06 bits per heavy atom. The van der Waals surface area contributed by atoms with E-state index >= 15 is 0 Å². The monoisotopic (exact) mass is 227 g/mol. The van der Waals surface area contributed by atoms with Crippen molar-refractivity contribution in [2.75, 3.05) is 19.8 Å². The van der Waals surface area contributed by atoms with Crippen LogP contribution < -0.4 is 5.73 Å². The highest BCUT2D eigenvalue weighted by Crippen LogP contribution is 2.14. The second-order valence-electron chi connectivity index (χ2n) is 3.96. The van der Waals surface area contributed by atoms with Crippen LogP contribution in [0.15, 0.2) is 12.4 Å². The molecule has 1 unspecified atom stereocenters. The average molecular weight is 227 g/mol. The van der Waals surface area contributed by atoms with Crippen molar-refractivity contribution in [1.29, 1.82) is 0 Å². The van der Waals surface area contributed by atoms with Crippen molar-refractivity contribution in [3.63, 3.8) is 0 Å². The zero-order chi connectivity index (χ0) is 12.0. The number of aromatic nitrogens is 2. The van der Waals surface area contributed by atoms with Crippen molar-refractivity contribution in [2.45, 2.75) is 26.1 Å². The number of aryl methyl sites for hydroxylation is 1. The van der Waals surface area contributed by atoms with E-state index in [1.54, 1.807) is 10.9 Å². The summed E-state index contributed by atoms with van der Waals surface area (Å²) in [6.07, 6.45) is 3.84. The van der Waals surface area contributed by atoms with Gasteiger partial charge in [0.05, 0.1) is 31.6 Å². The standard InChI is InChI=1S/C11H21N3O2/c1-9(2)15-4-5-16-11(6-12)10-7-13-14(3)8-10/h7-9,11H,4-6,12H2,1-3H3. The van der Waals surface area contributed by atoms with Gasteiger partial charge < -0.3 is 15.2 Å². The van der Waals surface area contributed by atoms with E-state index in [-0.39, 0.29) is 12.2 Å². The smallest absolute Gasteiger partial charge is 0.0978 e. The van der Waals surface area contributed by atoms with E-state index in [4.69, 9.17) is 15.2 Å². The van der Waals surface area contributed by atoms with Crippen LogP contribution in [0.3, 0.4) is 0 Å². The van der Waals surface area contributed by atoms with Gasteiger partial charge in [-0.1, -0.05) is 0 Å². The quantitative estimate of drug-likeness (QED) is 0.702. The minimum atomic E-state index is -0.0931. The van der Waals surface area contributed by atoms with Gasteiger partial charge in [-0.25, -0.2) is 0 Å². The second kappa shape index (κ2) is 6.62. The zero-order valence-electron chi connectivity index (χ0n) is 10.2. The molecule has 0 bridgehead atoms. The number of ether oxygens (including phenoxy) is 2. The highest BCUT2D eigenvalue weighted by atomic mass is 16.5. The molecule has 0 aromatic carbocycles. The van der Waals surface area contributed by atoms with E-state index in [1.807, 2.05) is 27.1 Å². The molecule has 92 valence electrons. The molecule has 0 fully saturated rings. The summed E-state index contributed by atoms with van der Waals surface area (Å²) >= 11 is 0. The van der Waals surface area contributed by atoms with Gasteiger partial charge in [0.25, 0.3) is 0 Å². The molecule has 1 aromatic heterocycles. The third kappa shape index (κ3) is 4.30. The first-order valence-electron chi connectivity index (χ1n) is 5.55. The molecule has 5 heteroatoms. The maximum Gasteiger partial charge on any atom is 0.0978 e. The largest absolute Gasteiger partial charge is 0.376 e. The zero-order valence-corrected chi connectivity index (χ0v) is 10.2. The Hall–Kier alpha value is -0.910. The lowest BCUT2D eigenvalue weighted by molar-refractivity contribution is -0.0104. The summed E-state index contributed by atoms with van der Waals surface area (Å²) in [6, 6.07) is 0. The van der Waals surface area contributed by atoms with Gasteiger partial charge in [-0.2, -0.15) is 5.10 Å². The Kier molecular flexibility index (Phi) is 5.45. The molecule has 0 aliphatic heterocycles. The summed E-state index contributed by atoms with van der Waals surface area (Å²) in [6.45, 7) is 5.60. The van der Waals surface area contributed by atoms with Crippen molar-refractivity contribution >= 4 is 0 Å². The molecular weight excluding hydrogens is 206 g/mol. The molecule has 0 saturated carbocycles. The van der Waals surface area contributed by atoms with E-state index < -0.39 is 0 Å². The van der Waals surface area contributed by atoms with Crippen LogP contribution in [0.5, 0.6) is 0 Å². The predicted molar refractivity (Wildman–Crippen MR) is 62.0 cm³/mol. The summed E-state index contributed by atoms with van der Waals surface area (Å²) < 4.78 is 12.8. The van der Waals surface area contributed by atoms with Crippen LogP contribution in [0.2, 0.25) is 0 Å². The van der Waals surface area contributed by atoms with E-state index in [0.29, 0.717) is 19.8 Å². The Morgan fingerprint density at radius 3 is 2.56 bits per heavy atom. The van der Waals surface area contributed by atoms with Crippen LogP contribution in [0.25, 0.3) is 0 Å². The van der Waals surface area contributed by atoms with Crippen molar-refractivity contribution in [3.8, 4) is 0 Å². The van der Waals surface area contributed by atoms with Crippen LogP contribution in [0.4, 0.5) is 0 Å². The minimum Gasteiger partial charge on any atom is -0.376 e. The number of hydrogen-bond acceptors (Lipinski definition) is 4. The number of nitrogens with two attached hydrogens (primary N) is 1. The Balaban J connectivity index is 2.32. The first-order chi connectivity index (χ1) is 7.63. The van der Waals surface area contributed by atoms with E-state index in [0.717, 1.165) is 5.56 Å². The maximum absolute atomic E-state index is 5.65. The summed E-state index contributed by atoms with van der Waals surface area (Å²) in [5, 5.41) is 4.09. The maximum atomic E-state index is 5.65. The molecule has 0 aliphatic rings. The molecule has 16 heavy (non-hydrogen) atoms. The van der Waals surface area contributed by atoms with Gasteiger partial charge in [0.15, 0.2) is 0 Å². The van der Waals surface area contributed by atoms with Crippen LogP contribution in [0.1, 0.15) is 25.5 Å². The summed E-state index contributed by atoms with van der Waals surface area (Å²) in [7, 11) is 1.87. The lowest BCUT2D eigenvalue weighted by atomic mass is 10.2. The molecule has 1 aromatic rings. The second-order valence-corrected chi connectivity index (χ2v) is 3.96. The van der Waals surface area contributed by atoms with E-state index in [9.17, 15) is 0 Å². The fourth-order valence-corrected chi connectivity index (χ4v) is 1.38. The normalized spacial score (nSPS) is 13.3. The lowest BCUT2D eigenvalue weighted by Gasteiger charge is -2.15. The van der Waals surface area contributed by atoms with Crippen LogP contribution in [-0.4, -0.2) is 35.6 Å². The third-order valence-electron chi connectivity index (χ3n) is 2.16.